The molecule has 0 aromatic rings. The molecule has 1 fully saturated rings. The molecule has 0 aliphatic carbocycles. The van der Waals surface area contributed by atoms with Crippen LogP contribution in [-0.4, -0.2) is 60.1 Å². The van der Waals surface area contributed by atoms with Crippen molar-refractivity contribution in [1.82, 2.24) is 9.80 Å². The van der Waals surface area contributed by atoms with Crippen molar-refractivity contribution < 1.29 is 9.90 Å². The van der Waals surface area contributed by atoms with Gasteiger partial charge < -0.3 is 10.0 Å². The molecule has 1 heterocycles. The first-order valence-electron chi connectivity index (χ1n) is 5.46. The number of hydrogen-bond acceptors (Lipinski definition) is 3. The van der Waals surface area contributed by atoms with E-state index < -0.39 is 0 Å². The molecule has 1 rings (SSSR count). The summed E-state index contributed by atoms with van der Waals surface area (Å²) in [6.45, 7) is 6.15. The maximum atomic E-state index is 11.9. The van der Waals surface area contributed by atoms with Crippen molar-refractivity contribution in [2.45, 2.75) is 18.9 Å². The smallest absolute Gasteiger partial charge is 0.236 e. The standard InChI is InChI=1S/C11H19BrN2O2/c1-9(12)7-13(2)8-11(16)14-5-3-10(15)4-6-14/h10,15H,1,3-8H2,2H3. The molecule has 0 bridgehead atoms. The number of amides is 1. The molecule has 0 spiro atoms. The first-order chi connectivity index (χ1) is 7.49. The summed E-state index contributed by atoms with van der Waals surface area (Å²) >= 11 is 3.27. The minimum Gasteiger partial charge on any atom is -0.393 e. The molecular formula is C11H19BrN2O2. The predicted molar refractivity (Wildman–Crippen MR) is 67.4 cm³/mol. The third-order valence-corrected chi connectivity index (χ3v) is 2.91. The van der Waals surface area contributed by atoms with Crippen molar-refractivity contribution in [2.24, 2.45) is 0 Å². The SMILES string of the molecule is C=C(Br)CN(C)CC(=O)N1CCC(O)CC1. The minimum absolute atomic E-state index is 0.128. The zero-order chi connectivity index (χ0) is 12.1. The summed E-state index contributed by atoms with van der Waals surface area (Å²) in [6.07, 6.45) is 1.16. The van der Waals surface area contributed by atoms with Crippen molar-refractivity contribution >= 4 is 21.8 Å². The molecule has 0 atom stereocenters. The molecule has 0 unspecified atom stereocenters. The molecule has 1 saturated heterocycles. The first kappa shape index (κ1) is 13.7. The van der Waals surface area contributed by atoms with Gasteiger partial charge in [0.2, 0.25) is 5.91 Å². The van der Waals surface area contributed by atoms with Crippen LogP contribution in [0.3, 0.4) is 0 Å². The van der Waals surface area contributed by atoms with E-state index in [0.29, 0.717) is 39.0 Å². The van der Waals surface area contributed by atoms with Crippen LogP contribution in [0.15, 0.2) is 11.1 Å². The third kappa shape index (κ3) is 4.63. The van der Waals surface area contributed by atoms with Gasteiger partial charge in [0, 0.05) is 24.1 Å². The molecule has 0 radical (unpaired) electrons. The van der Waals surface area contributed by atoms with Crippen LogP contribution in [0.25, 0.3) is 0 Å². The van der Waals surface area contributed by atoms with Crippen molar-refractivity contribution in [3.8, 4) is 0 Å². The van der Waals surface area contributed by atoms with Crippen LogP contribution in [0, 0.1) is 0 Å². The molecule has 92 valence electrons. The Balaban J connectivity index is 2.32. The topological polar surface area (TPSA) is 43.8 Å². The van der Waals surface area contributed by atoms with Gasteiger partial charge in [-0.2, -0.15) is 0 Å². The van der Waals surface area contributed by atoms with Crippen molar-refractivity contribution in [2.75, 3.05) is 33.2 Å². The number of likely N-dealkylation sites (tertiary alicyclic amines) is 1. The lowest BCUT2D eigenvalue weighted by Crippen LogP contribution is -2.44. The summed E-state index contributed by atoms with van der Waals surface area (Å²) in [4.78, 5) is 15.6. The Hall–Kier alpha value is -0.390. The Morgan fingerprint density at radius 2 is 2.06 bits per heavy atom. The lowest BCUT2D eigenvalue weighted by atomic mass is 10.1. The van der Waals surface area contributed by atoms with Crippen LogP contribution >= 0.6 is 15.9 Å². The second kappa shape index (κ2) is 6.37. The average molecular weight is 291 g/mol. The fraction of sp³-hybridized carbons (Fsp3) is 0.727. The molecule has 4 nitrogen and oxygen atoms in total. The maximum Gasteiger partial charge on any atom is 0.236 e. The predicted octanol–water partition coefficient (Wildman–Crippen LogP) is 0.810. The second-order valence-corrected chi connectivity index (χ2v) is 5.42. The van der Waals surface area contributed by atoms with Gasteiger partial charge in [0.05, 0.1) is 12.6 Å². The fourth-order valence-electron chi connectivity index (χ4n) is 1.79. The molecule has 1 aliphatic heterocycles. The number of aliphatic hydroxyl groups is 1. The van der Waals surface area contributed by atoms with E-state index in [9.17, 15) is 9.90 Å². The largest absolute Gasteiger partial charge is 0.393 e. The Morgan fingerprint density at radius 1 is 1.50 bits per heavy atom. The van der Waals surface area contributed by atoms with E-state index in [2.05, 4.69) is 22.5 Å². The number of halogens is 1. The van der Waals surface area contributed by atoms with E-state index in [1.54, 1.807) is 0 Å². The van der Waals surface area contributed by atoms with Gasteiger partial charge in [0.1, 0.15) is 0 Å². The maximum absolute atomic E-state index is 11.9. The summed E-state index contributed by atoms with van der Waals surface area (Å²) in [5.41, 5.74) is 0. The lowest BCUT2D eigenvalue weighted by molar-refractivity contribution is -0.133. The van der Waals surface area contributed by atoms with E-state index in [0.717, 1.165) is 4.48 Å². The second-order valence-electron chi connectivity index (χ2n) is 4.30. The molecule has 1 amide bonds. The zero-order valence-corrected chi connectivity index (χ0v) is 11.2. The molecule has 1 N–H and O–H groups in total. The minimum atomic E-state index is -0.232. The summed E-state index contributed by atoms with van der Waals surface area (Å²) in [7, 11) is 1.89. The molecule has 0 saturated carbocycles. The van der Waals surface area contributed by atoms with Crippen molar-refractivity contribution in [1.29, 1.82) is 0 Å². The number of carbonyl (C=O) groups is 1. The number of rotatable bonds is 4. The van der Waals surface area contributed by atoms with Crippen LogP contribution in [0.5, 0.6) is 0 Å². The molecule has 0 aromatic heterocycles. The highest BCUT2D eigenvalue weighted by Gasteiger charge is 2.21. The van der Waals surface area contributed by atoms with E-state index in [1.165, 1.54) is 0 Å². The van der Waals surface area contributed by atoms with E-state index in [-0.39, 0.29) is 12.0 Å². The van der Waals surface area contributed by atoms with E-state index in [1.807, 2.05) is 16.8 Å². The lowest BCUT2D eigenvalue weighted by Gasteiger charge is -2.31. The van der Waals surface area contributed by atoms with Gasteiger partial charge >= 0.3 is 0 Å². The number of carbonyl (C=O) groups excluding carboxylic acids is 1. The van der Waals surface area contributed by atoms with Crippen molar-refractivity contribution in [3.63, 3.8) is 0 Å². The molecular weight excluding hydrogens is 272 g/mol. The summed E-state index contributed by atoms with van der Waals surface area (Å²) in [5.74, 6) is 0.128. The monoisotopic (exact) mass is 290 g/mol. The van der Waals surface area contributed by atoms with E-state index >= 15 is 0 Å². The van der Waals surface area contributed by atoms with Gasteiger partial charge in [-0.1, -0.05) is 22.5 Å². The molecule has 16 heavy (non-hydrogen) atoms. The number of piperidine rings is 1. The van der Waals surface area contributed by atoms with Crippen LogP contribution in [0.4, 0.5) is 0 Å². The van der Waals surface area contributed by atoms with Gasteiger partial charge in [0.15, 0.2) is 0 Å². The van der Waals surface area contributed by atoms with Gasteiger partial charge in [-0.3, -0.25) is 9.69 Å². The number of likely N-dealkylation sites (N-methyl/N-ethyl adjacent to an activating group) is 1. The summed E-state index contributed by atoms with van der Waals surface area (Å²) in [5, 5.41) is 9.34. The zero-order valence-electron chi connectivity index (χ0n) is 9.65. The van der Waals surface area contributed by atoms with Crippen LogP contribution < -0.4 is 0 Å². The highest BCUT2D eigenvalue weighted by Crippen LogP contribution is 2.10. The quantitative estimate of drug-likeness (QED) is 0.833. The summed E-state index contributed by atoms with van der Waals surface area (Å²) in [6, 6.07) is 0. The fourth-order valence-corrected chi connectivity index (χ4v) is 2.22. The van der Waals surface area contributed by atoms with Gasteiger partial charge in [-0.15, -0.1) is 0 Å². The highest BCUT2D eigenvalue weighted by atomic mass is 79.9. The Labute approximate surface area is 105 Å². The highest BCUT2D eigenvalue weighted by molar-refractivity contribution is 9.11. The van der Waals surface area contributed by atoms with Gasteiger partial charge in [-0.05, 0) is 19.9 Å². The normalized spacial score (nSPS) is 17.9. The molecule has 0 aromatic carbocycles. The third-order valence-electron chi connectivity index (χ3n) is 2.66. The number of hydrogen-bond donors (Lipinski definition) is 1. The van der Waals surface area contributed by atoms with Crippen LogP contribution in [0.1, 0.15) is 12.8 Å². The van der Waals surface area contributed by atoms with Crippen LogP contribution in [-0.2, 0) is 4.79 Å². The van der Waals surface area contributed by atoms with Crippen molar-refractivity contribution in [3.05, 3.63) is 11.1 Å². The molecule has 5 heteroatoms. The van der Waals surface area contributed by atoms with Gasteiger partial charge in [0.25, 0.3) is 0 Å². The average Bonchev–Trinajstić information content (AvgIpc) is 2.16. The number of nitrogens with zero attached hydrogens (tertiary/aromatic N) is 2. The Bertz CT molecular complexity index is 263. The Kier molecular flexibility index (Phi) is 5.44. The van der Waals surface area contributed by atoms with E-state index in [4.69, 9.17) is 0 Å². The number of aliphatic hydroxyl groups excluding tert-OH is 1. The molecule has 1 aliphatic rings. The summed E-state index contributed by atoms with van der Waals surface area (Å²) < 4.78 is 0.872. The Morgan fingerprint density at radius 3 is 2.56 bits per heavy atom. The van der Waals surface area contributed by atoms with Crippen LogP contribution in [0.2, 0.25) is 0 Å². The first-order valence-corrected chi connectivity index (χ1v) is 6.26. The van der Waals surface area contributed by atoms with Gasteiger partial charge in [-0.25, -0.2) is 0 Å².